The Balaban J connectivity index is 2.22. The van der Waals surface area contributed by atoms with E-state index < -0.39 is 23.5 Å². The summed E-state index contributed by atoms with van der Waals surface area (Å²) in [5.41, 5.74) is 6.61. The Labute approximate surface area is 113 Å². The molecule has 0 aliphatic carbocycles. The quantitative estimate of drug-likeness (QED) is 0.848. The van der Waals surface area contributed by atoms with E-state index in [9.17, 15) is 13.2 Å². The van der Waals surface area contributed by atoms with Gasteiger partial charge < -0.3 is 5.73 Å². The molecule has 0 aliphatic heterocycles. The Hall–Kier alpha value is -1.52. The van der Waals surface area contributed by atoms with Crippen molar-refractivity contribution in [1.82, 2.24) is 0 Å². The molecule has 0 amide bonds. The number of hydrogen-bond acceptors (Lipinski definition) is 1. The molecule has 1 nitrogen and oxygen atoms in total. The Morgan fingerprint density at radius 1 is 0.947 bits per heavy atom. The van der Waals surface area contributed by atoms with Crippen LogP contribution in [0.3, 0.4) is 0 Å². The van der Waals surface area contributed by atoms with E-state index in [4.69, 9.17) is 17.3 Å². The molecule has 100 valence electrons. The van der Waals surface area contributed by atoms with Crippen LogP contribution in [-0.4, -0.2) is 0 Å². The van der Waals surface area contributed by atoms with Crippen LogP contribution >= 0.6 is 11.6 Å². The maximum Gasteiger partial charge on any atom is 0.161 e. The summed E-state index contributed by atoms with van der Waals surface area (Å²) in [6.07, 6.45) is 0.305. The molecular formula is C14H11ClF3N. The van der Waals surface area contributed by atoms with Crippen LogP contribution in [0.25, 0.3) is 0 Å². The van der Waals surface area contributed by atoms with Crippen molar-refractivity contribution in [2.75, 3.05) is 0 Å². The number of halogens is 4. The van der Waals surface area contributed by atoms with Crippen molar-refractivity contribution in [2.45, 2.75) is 12.5 Å². The second-order valence-electron chi connectivity index (χ2n) is 4.22. The minimum absolute atomic E-state index is 0.0474. The average Bonchev–Trinajstić information content (AvgIpc) is 2.36. The molecule has 19 heavy (non-hydrogen) atoms. The van der Waals surface area contributed by atoms with E-state index in [2.05, 4.69) is 0 Å². The van der Waals surface area contributed by atoms with Gasteiger partial charge in [0.1, 0.15) is 5.82 Å². The minimum atomic E-state index is -1.22. The number of benzene rings is 2. The predicted molar refractivity (Wildman–Crippen MR) is 68.4 cm³/mol. The largest absolute Gasteiger partial charge is 0.324 e. The maximum absolute atomic E-state index is 13.5. The van der Waals surface area contributed by atoms with Crippen molar-refractivity contribution in [3.8, 4) is 0 Å². The van der Waals surface area contributed by atoms with Gasteiger partial charge in [-0.2, -0.15) is 0 Å². The molecule has 1 unspecified atom stereocenters. The van der Waals surface area contributed by atoms with Crippen LogP contribution < -0.4 is 5.73 Å². The summed E-state index contributed by atoms with van der Waals surface area (Å²) >= 11 is 5.75. The first-order valence-electron chi connectivity index (χ1n) is 5.62. The van der Waals surface area contributed by atoms with Gasteiger partial charge in [-0.25, -0.2) is 13.2 Å². The summed E-state index contributed by atoms with van der Waals surface area (Å²) in [6, 6.07) is 7.42. The van der Waals surface area contributed by atoms with E-state index in [0.717, 1.165) is 11.6 Å². The second kappa shape index (κ2) is 5.63. The van der Waals surface area contributed by atoms with E-state index in [1.54, 1.807) is 24.3 Å². The third kappa shape index (κ3) is 3.28. The Morgan fingerprint density at radius 2 is 1.53 bits per heavy atom. The van der Waals surface area contributed by atoms with E-state index in [0.29, 0.717) is 17.5 Å². The van der Waals surface area contributed by atoms with Gasteiger partial charge >= 0.3 is 0 Å². The first-order valence-corrected chi connectivity index (χ1v) is 5.99. The third-order valence-corrected chi connectivity index (χ3v) is 3.06. The smallest absolute Gasteiger partial charge is 0.161 e. The zero-order chi connectivity index (χ0) is 14.0. The van der Waals surface area contributed by atoms with E-state index in [1.807, 2.05) is 0 Å². The molecule has 2 rings (SSSR count). The highest BCUT2D eigenvalue weighted by molar-refractivity contribution is 6.30. The van der Waals surface area contributed by atoms with E-state index in [1.165, 1.54) is 0 Å². The van der Waals surface area contributed by atoms with E-state index >= 15 is 0 Å². The maximum atomic E-state index is 13.5. The number of hydrogen-bond donors (Lipinski definition) is 1. The molecule has 0 saturated carbocycles. The lowest BCUT2D eigenvalue weighted by atomic mass is 9.99. The highest BCUT2D eigenvalue weighted by Crippen LogP contribution is 2.22. The van der Waals surface area contributed by atoms with Gasteiger partial charge in [-0.15, -0.1) is 0 Å². The molecule has 2 aromatic carbocycles. The number of nitrogens with two attached hydrogens (primary N) is 1. The highest BCUT2D eigenvalue weighted by Gasteiger charge is 2.16. The fourth-order valence-electron chi connectivity index (χ4n) is 1.81. The molecule has 5 heteroatoms. The third-order valence-electron chi connectivity index (χ3n) is 2.81. The molecule has 0 radical (unpaired) electrons. The summed E-state index contributed by atoms with van der Waals surface area (Å²) in [6.45, 7) is 0. The summed E-state index contributed by atoms with van der Waals surface area (Å²) < 4.78 is 39.5. The monoisotopic (exact) mass is 285 g/mol. The molecule has 0 bridgehead atoms. The fourth-order valence-corrected chi connectivity index (χ4v) is 1.93. The van der Waals surface area contributed by atoms with Gasteiger partial charge in [-0.05, 0) is 30.2 Å². The predicted octanol–water partition coefficient (Wildman–Crippen LogP) is 4.00. The summed E-state index contributed by atoms with van der Waals surface area (Å²) in [5.74, 6) is -3.18. The van der Waals surface area contributed by atoms with Gasteiger partial charge in [0, 0.05) is 22.7 Å². The summed E-state index contributed by atoms with van der Waals surface area (Å²) in [5, 5.41) is 0.580. The molecular weight excluding hydrogens is 275 g/mol. The molecule has 2 N–H and O–H groups in total. The van der Waals surface area contributed by atoms with Crippen LogP contribution in [0.5, 0.6) is 0 Å². The van der Waals surface area contributed by atoms with Gasteiger partial charge in [-0.1, -0.05) is 23.7 Å². The Kier molecular flexibility index (Phi) is 4.12. The average molecular weight is 286 g/mol. The first kappa shape index (κ1) is 13.9. The van der Waals surface area contributed by atoms with Crippen LogP contribution in [0.1, 0.15) is 17.2 Å². The molecule has 0 saturated heterocycles. The molecule has 0 aliphatic rings. The van der Waals surface area contributed by atoms with Crippen molar-refractivity contribution < 1.29 is 13.2 Å². The van der Waals surface area contributed by atoms with Crippen LogP contribution in [0.2, 0.25) is 5.02 Å². The molecule has 0 heterocycles. The molecule has 2 aromatic rings. The van der Waals surface area contributed by atoms with Crippen LogP contribution in [0.15, 0.2) is 36.4 Å². The zero-order valence-electron chi connectivity index (χ0n) is 9.84. The van der Waals surface area contributed by atoms with Crippen molar-refractivity contribution >= 4 is 11.6 Å². The van der Waals surface area contributed by atoms with Gasteiger partial charge in [-0.3, -0.25) is 0 Å². The molecule has 0 fully saturated rings. The second-order valence-corrected chi connectivity index (χ2v) is 4.66. The topological polar surface area (TPSA) is 26.0 Å². The number of rotatable bonds is 3. The summed E-state index contributed by atoms with van der Waals surface area (Å²) in [7, 11) is 0. The van der Waals surface area contributed by atoms with Gasteiger partial charge in [0.05, 0.1) is 0 Å². The first-order chi connectivity index (χ1) is 8.97. The van der Waals surface area contributed by atoms with Gasteiger partial charge in [0.2, 0.25) is 0 Å². The van der Waals surface area contributed by atoms with Crippen molar-refractivity contribution in [2.24, 2.45) is 5.73 Å². The Bertz CT molecular complexity index is 584. The van der Waals surface area contributed by atoms with Crippen molar-refractivity contribution in [3.63, 3.8) is 0 Å². The van der Waals surface area contributed by atoms with Gasteiger partial charge in [0.15, 0.2) is 11.6 Å². The minimum Gasteiger partial charge on any atom is -0.324 e. The SMILES string of the molecule is NC(Cc1ccc(Cl)cc1)c1cc(F)c(F)cc1F. The summed E-state index contributed by atoms with van der Waals surface area (Å²) in [4.78, 5) is 0. The van der Waals surface area contributed by atoms with Crippen LogP contribution in [-0.2, 0) is 6.42 Å². The normalized spacial score (nSPS) is 12.5. The van der Waals surface area contributed by atoms with Crippen molar-refractivity contribution in [3.05, 3.63) is 70.0 Å². The fraction of sp³-hybridized carbons (Fsp3) is 0.143. The lowest BCUT2D eigenvalue weighted by Crippen LogP contribution is -2.15. The molecule has 1 atom stereocenters. The lowest BCUT2D eigenvalue weighted by Gasteiger charge is -2.13. The van der Waals surface area contributed by atoms with E-state index in [-0.39, 0.29) is 5.56 Å². The Morgan fingerprint density at radius 3 is 2.16 bits per heavy atom. The highest BCUT2D eigenvalue weighted by atomic mass is 35.5. The molecule has 0 aromatic heterocycles. The van der Waals surface area contributed by atoms with Crippen LogP contribution in [0.4, 0.5) is 13.2 Å². The lowest BCUT2D eigenvalue weighted by molar-refractivity contribution is 0.484. The van der Waals surface area contributed by atoms with Gasteiger partial charge in [0.25, 0.3) is 0 Å². The standard InChI is InChI=1S/C14H11ClF3N/c15-9-3-1-8(2-4-9)5-14(19)10-6-12(17)13(18)7-11(10)16/h1-4,6-7,14H,5,19H2. The van der Waals surface area contributed by atoms with Crippen molar-refractivity contribution in [1.29, 1.82) is 0 Å². The van der Waals surface area contributed by atoms with Crippen LogP contribution in [0, 0.1) is 17.5 Å². The molecule has 0 spiro atoms. The zero-order valence-corrected chi connectivity index (χ0v) is 10.6.